The lowest BCUT2D eigenvalue weighted by Crippen LogP contribution is -2.51. The molecule has 4 nitrogen and oxygen atoms in total. The summed E-state index contributed by atoms with van der Waals surface area (Å²) in [6.45, 7) is 9.44. The van der Waals surface area contributed by atoms with Crippen molar-refractivity contribution in [2.75, 3.05) is 53.0 Å². The minimum Gasteiger partial charge on any atom is -0.383 e. The third kappa shape index (κ3) is 3.53. The van der Waals surface area contributed by atoms with Crippen molar-refractivity contribution in [1.82, 2.24) is 9.80 Å². The first-order valence-electron chi connectivity index (χ1n) is 5.43. The lowest BCUT2D eigenvalue weighted by atomic mass is 10.2. The monoisotopic (exact) mass is 201 g/mol. The topological polar surface area (TPSA) is 41.7 Å². The molecule has 84 valence electrons. The summed E-state index contributed by atoms with van der Waals surface area (Å²) in [5, 5.41) is 0. The molecule has 0 aromatic carbocycles. The molecule has 4 heteroatoms. The lowest BCUT2D eigenvalue weighted by molar-refractivity contribution is 0.0583. The maximum Gasteiger partial charge on any atom is 0.0615 e. The molecular weight excluding hydrogens is 178 g/mol. The Balaban J connectivity index is 2.21. The van der Waals surface area contributed by atoms with E-state index in [0.29, 0.717) is 6.04 Å². The van der Waals surface area contributed by atoms with Crippen LogP contribution in [-0.2, 0) is 4.74 Å². The molecule has 0 saturated carbocycles. The highest BCUT2D eigenvalue weighted by molar-refractivity contribution is 4.75. The fraction of sp³-hybridized carbons (Fsp3) is 1.00. The molecule has 1 heterocycles. The molecule has 2 N–H and O–H groups in total. The van der Waals surface area contributed by atoms with E-state index in [4.69, 9.17) is 10.5 Å². The van der Waals surface area contributed by atoms with E-state index >= 15 is 0 Å². The Morgan fingerprint density at radius 2 is 1.93 bits per heavy atom. The van der Waals surface area contributed by atoms with Gasteiger partial charge < -0.3 is 10.5 Å². The van der Waals surface area contributed by atoms with Crippen molar-refractivity contribution in [1.29, 1.82) is 0 Å². The minimum atomic E-state index is 0.542. The summed E-state index contributed by atoms with van der Waals surface area (Å²) in [5.74, 6) is 0. The quantitative estimate of drug-likeness (QED) is 0.657. The van der Waals surface area contributed by atoms with Gasteiger partial charge in [0.1, 0.15) is 0 Å². The van der Waals surface area contributed by atoms with Gasteiger partial charge >= 0.3 is 0 Å². The van der Waals surface area contributed by atoms with Crippen LogP contribution in [0.1, 0.15) is 6.92 Å². The van der Waals surface area contributed by atoms with Gasteiger partial charge in [-0.25, -0.2) is 0 Å². The van der Waals surface area contributed by atoms with Crippen molar-refractivity contribution >= 4 is 0 Å². The van der Waals surface area contributed by atoms with Gasteiger partial charge in [0.15, 0.2) is 0 Å². The predicted octanol–water partition coefficient (Wildman–Crippen LogP) is -0.402. The number of nitrogens with zero attached hydrogens (tertiary/aromatic N) is 2. The molecule has 0 aromatic rings. The summed E-state index contributed by atoms with van der Waals surface area (Å²) in [6.07, 6.45) is 0. The van der Waals surface area contributed by atoms with Crippen LogP contribution in [0.3, 0.4) is 0 Å². The third-order valence-corrected chi connectivity index (χ3v) is 2.88. The lowest BCUT2D eigenvalue weighted by Gasteiger charge is -2.37. The van der Waals surface area contributed by atoms with E-state index in [1.807, 2.05) is 0 Å². The Kier molecular flexibility index (Phi) is 5.40. The molecule has 1 unspecified atom stereocenters. The molecule has 0 amide bonds. The van der Waals surface area contributed by atoms with Gasteiger partial charge in [-0.2, -0.15) is 0 Å². The molecule has 1 aliphatic heterocycles. The zero-order valence-corrected chi connectivity index (χ0v) is 9.41. The number of piperazine rings is 1. The normalized spacial score (nSPS) is 22.5. The summed E-state index contributed by atoms with van der Waals surface area (Å²) < 4.78 is 5.16. The molecule has 1 saturated heterocycles. The van der Waals surface area contributed by atoms with E-state index in [1.54, 1.807) is 7.11 Å². The van der Waals surface area contributed by atoms with Gasteiger partial charge in [0, 0.05) is 52.4 Å². The standard InChI is InChI=1S/C10H23N3O/c1-10(9-14-2)13-7-5-12(4-3-11)6-8-13/h10H,3-9,11H2,1-2H3. The molecule has 0 aromatic heterocycles. The van der Waals surface area contributed by atoms with Crippen LogP contribution < -0.4 is 5.73 Å². The van der Waals surface area contributed by atoms with E-state index in [1.165, 1.54) is 0 Å². The number of nitrogens with two attached hydrogens (primary N) is 1. The van der Waals surface area contributed by atoms with E-state index in [-0.39, 0.29) is 0 Å². The molecular formula is C10H23N3O. The summed E-state index contributed by atoms with van der Waals surface area (Å²) in [7, 11) is 1.77. The Bertz CT molecular complexity index is 146. The Morgan fingerprint density at radius 1 is 1.29 bits per heavy atom. The van der Waals surface area contributed by atoms with Gasteiger partial charge in [0.2, 0.25) is 0 Å². The average molecular weight is 201 g/mol. The maximum absolute atomic E-state index is 5.53. The molecule has 0 aliphatic carbocycles. The second-order valence-corrected chi connectivity index (χ2v) is 3.97. The highest BCUT2D eigenvalue weighted by Gasteiger charge is 2.19. The number of methoxy groups -OCH3 is 1. The van der Waals surface area contributed by atoms with Crippen LogP contribution in [-0.4, -0.2) is 68.8 Å². The number of ether oxygens (including phenoxy) is 1. The van der Waals surface area contributed by atoms with Crippen LogP contribution in [0.15, 0.2) is 0 Å². The second-order valence-electron chi connectivity index (χ2n) is 3.97. The summed E-state index contributed by atoms with van der Waals surface area (Å²) >= 11 is 0. The Morgan fingerprint density at radius 3 is 2.43 bits per heavy atom. The van der Waals surface area contributed by atoms with Crippen molar-refractivity contribution in [3.05, 3.63) is 0 Å². The fourth-order valence-electron chi connectivity index (χ4n) is 1.96. The first kappa shape index (κ1) is 11.9. The molecule has 1 atom stereocenters. The molecule has 1 aliphatic rings. The number of hydrogen-bond acceptors (Lipinski definition) is 4. The van der Waals surface area contributed by atoms with Crippen molar-refractivity contribution in [2.24, 2.45) is 5.73 Å². The van der Waals surface area contributed by atoms with Crippen molar-refractivity contribution in [3.63, 3.8) is 0 Å². The zero-order chi connectivity index (χ0) is 10.4. The van der Waals surface area contributed by atoms with Gasteiger partial charge in [0.05, 0.1) is 6.61 Å². The van der Waals surface area contributed by atoms with Gasteiger partial charge in [-0.1, -0.05) is 0 Å². The molecule has 1 rings (SSSR count). The highest BCUT2D eigenvalue weighted by Crippen LogP contribution is 2.05. The third-order valence-electron chi connectivity index (χ3n) is 2.88. The second kappa shape index (κ2) is 6.35. The highest BCUT2D eigenvalue weighted by atomic mass is 16.5. The minimum absolute atomic E-state index is 0.542. The smallest absolute Gasteiger partial charge is 0.0615 e. The van der Waals surface area contributed by atoms with Crippen LogP contribution in [0, 0.1) is 0 Å². The first-order valence-corrected chi connectivity index (χ1v) is 5.43. The van der Waals surface area contributed by atoms with Gasteiger partial charge in [-0.05, 0) is 6.92 Å². The molecule has 1 fully saturated rings. The first-order chi connectivity index (χ1) is 6.77. The molecule has 0 radical (unpaired) electrons. The SMILES string of the molecule is COCC(C)N1CCN(CCN)CC1. The van der Waals surface area contributed by atoms with Crippen LogP contribution in [0.4, 0.5) is 0 Å². The molecule has 0 spiro atoms. The zero-order valence-electron chi connectivity index (χ0n) is 9.41. The fourth-order valence-corrected chi connectivity index (χ4v) is 1.96. The van der Waals surface area contributed by atoms with E-state index in [0.717, 1.165) is 45.9 Å². The van der Waals surface area contributed by atoms with Crippen molar-refractivity contribution < 1.29 is 4.74 Å². The predicted molar refractivity (Wildman–Crippen MR) is 58.4 cm³/mol. The van der Waals surface area contributed by atoms with Gasteiger partial charge in [0.25, 0.3) is 0 Å². The molecule has 14 heavy (non-hydrogen) atoms. The van der Waals surface area contributed by atoms with Crippen molar-refractivity contribution in [2.45, 2.75) is 13.0 Å². The van der Waals surface area contributed by atoms with Crippen LogP contribution in [0.25, 0.3) is 0 Å². The van der Waals surface area contributed by atoms with Gasteiger partial charge in [-0.3, -0.25) is 9.80 Å². The summed E-state index contributed by atoms with van der Waals surface area (Å²) in [5.41, 5.74) is 5.53. The van der Waals surface area contributed by atoms with Crippen LogP contribution in [0.2, 0.25) is 0 Å². The Hall–Kier alpha value is -0.160. The number of rotatable bonds is 5. The average Bonchev–Trinajstić information content (AvgIpc) is 2.20. The maximum atomic E-state index is 5.53. The van der Waals surface area contributed by atoms with Crippen LogP contribution in [0.5, 0.6) is 0 Å². The number of hydrogen-bond donors (Lipinski definition) is 1. The van der Waals surface area contributed by atoms with Gasteiger partial charge in [-0.15, -0.1) is 0 Å². The van der Waals surface area contributed by atoms with E-state index < -0.39 is 0 Å². The summed E-state index contributed by atoms with van der Waals surface area (Å²) in [6, 6.07) is 0.542. The summed E-state index contributed by atoms with van der Waals surface area (Å²) in [4.78, 5) is 4.91. The van der Waals surface area contributed by atoms with E-state index in [2.05, 4.69) is 16.7 Å². The van der Waals surface area contributed by atoms with Crippen LogP contribution >= 0.6 is 0 Å². The van der Waals surface area contributed by atoms with Crippen molar-refractivity contribution in [3.8, 4) is 0 Å². The Labute approximate surface area is 87.0 Å². The largest absolute Gasteiger partial charge is 0.383 e. The molecule has 0 bridgehead atoms. The van der Waals surface area contributed by atoms with E-state index in [9.17, 15) is 0 Å².